The molecule has 3 rings (SSSR count). The lowest BCUT2D eigenvalue weighted by molar-refractivity contribution is 0.806. The van der Waals surface area contributed by atoms with Gasteiger partial charge in [-0.15, -0.1) is 0 Å². The van der Waals surface area contributed by atoms with Crippen LogP contribution in [0.2, 0.25) is 0 Å². The Bertz CT molecular complexity index is 592. The molecule has 2 aromatic rings. The summed E-state index contributed by atoms with van der Waals surface area (Å²) in [6.45, 7) is 2.12. The topological polar surface area (TPSA) is 29.3 Å². The highest BCUT2D eigenvalue weighted by Gasteiger charge is 2.13. The SMILES string of the molecule is NC(=S)c1ccc(N2CCc3ccccc3CC2)cc1. The van der Waals surface area contributed by atoms with Gasteiger partial charge in [-0.1, -0.05) is 36.5 Å². The number of hydrogen-bond acceptors (Lipinski definition) is 2. The average molecular weight is 282 g/mol. The van der Waals surface area contributed by atoms with Crippen LogP contribution in [0.3, 0.4) is 0 Å². The fourth-order valence-electron chi connectivity index (χ4n) is 2.76. The molecule has 0 saturated carbocycles. The molecule has 2 N–H and O–H groups in total. The van der Waals surface area contributed by atoms with Gasteiger partial charge in [0.2, 0.25) is 0 Å². The van der Waals surface area contributed by atoms with E-state index >= 15 is 0 Å². The molecule has 0 aliphatic carbocycles. The third-order valence-corrected chi connectivity index (χ3v) is 4.17. The van der Waals surface area contributed by atoms with E-state index in [0.717, 1.165) is 31.5 Å². The number of nitrogens with zero attached hydrogens (tertiary/aromatic N) is 1. The van der Waals surface area contributed by atoms with Crippen LogP contribution in [0.25, 0.3) is 0 Å². The zero-order valence-electron chi connectivity index (χ0n) is 11.4. The molecule has 0 aromatic heterocycles. The second-order valence-corrected chi connectivity index (χ2v) is 5.61. The second kappa shape index (κ2) is 5.63. The fraction of sp³-hybridized carbons (Fsp3) is 0.235. The molecule has 1 heterocycles. The third kappa shape index (κ3) is 2.68. The molecule has 3 heteroatoms. The summed E-state index contributed by atoms with van der Waals surface area (Å²) in [5.74, 6) is 0. The first-order valence-corrected chi connectivity index (χ1v) is 7.36. The first-order valence-electron chi connectivity index (χ1n) is 6.95. The molecule has 2 aromatic carbocycles. The summed E-state index contributed by atoms with van der Waals surface area (Å²) < 4.78 is 0. The number of benzene rings is 2. The molecule has 0 bridgehead atoms. The summed E-state index contributed by atoms with van der Waals surface area (Å²) in [7, 11) is 0. The number of thiocarbonyl (C=S) groups is 1. The van der Waals surface area contributed by atoms with E-state index < -0.39 is 0 Å². The van der Waals surface area contributed by atoms with Crippen molar-refractivity contribution in [1.82, 2.24) is 0 Å². The molecular formula is C17H18N2S. The predicted octanol–water partition coefficient (Wildman–Crippen LogP) is 2.93. The molecule has 102 valence electrons. The van der Waals surface area contributed by atoms with Crippen LogP contribution in [0.15, 0.2) is 48.5 Å². The average Bonchev–Trinajstić information content (AvgIpc) is 2.70. The highest BCUT2D eigenvalue weighted by Crippen LogP contribution is 2.21. The van der Waals surface area contributed by atoms with Gasteiger partial charge >= 0.3 is 0 Å². The lowest BCUT2D eigenvalue weighted by atomic mass is 10.0. The summed E-state index contributed by atoms with van der Waals surface area (Å²) in [4.78, 5) is 2.89. The first-order chi connectivity index (χ1) is 9.74. The van der Waals surface area contributed by atoms with Gasteiger partial charge in [-0.05, 0) is 48.2 Å². The van der Waals surface area contributed by atoms with Gasteiger partial charge in [-0.2, -0.15) is 0 Å². The van der Waals surface area contributed by atoms with Crippen LogP contribution in [0.1, 0.15) is 16.7 Å². The first kappa shape index (κ1) is 13.1. The van der Waals surface area contributed by atoms with Crippen LogP contribution < -0.4 is 10.6 Å². The highest BCUT2D eigenvalue weighted by atomic mass is 32.1. The summed E-state index contributed by atoms with van der Waals surface area (Å²) in [6.07, 6.45) is 2.21. The van der Waals surface area contributed by atoms with Crippen molar-refractivity contribution in [3.05, 3.63) is 65.2 Å². The fourth-order valence-corrected chi connectivity index (χ4v) is 2.90. The van der Waals surface area contributed by atoms with Crippen LogP contribution in [-0.4, -0.2) is 18.1 Å². The van der Waals surface area contributed by atoms with Crippen LogP contribution in [0, 0.1) is 0 Å². The Morgan fingerprint density at radius 3 is 1.95 bits per heavy atom. The second-order valence-electron chi connectivity index (χ2n) is 5.17. The molecule has 20 heavy (non-hydrogen) atoms. The normalized spacial score (nSPS) is 14.5. The Kier molecular flexibility index (Phi) is 3.70. The highest BCUT2D eigenvalue weighted by molar-refractivity contribution is 7.80. The van der Waals surface area contributed by atoms with Crippen molar-refractivity contribution in [1.29, 1.82) is 0 Å². The van der Waals surface area contributed by atoms with Crippen LogP contribution in [0.4, 0.5) is 5.69 Å². The quantitative estimate of drug-likeness (QED) is 0.859. The predicted molar refractivity (Wildman–Crippen MR) is 88.4 cm³/mol. The van der Waals surface area contributed by atoms with Gasteiger partial charge < -0.3 is 10.6 Å². The molecule has 0 unspecified atom stereocenters. The Labute approximate surface area is 125 Å². The van der Waals surface area contributed by atoms with Crippen LogP contribution >= 0.6 is 12.2 Å². The van der Waals surface area contributed by atoms with Gasteiger partial charge in [0.25, 0.3) is 0 Å². The van der Waals surface area contributed by atoms with Gasteiger partial charge in [-0.3, -0.25) is 0 Å². The molecule has 0 radical (unpaired) electrons. The van der Waals surface area contributed by atoms with Crippen molar-refractivity contribution in [3.63, 3.8) is 0 Å². The van der Waals surface area contributed by atoms with Gasteiger partial charge in [0.15, 0.2) is 0 Å². The summed E-state index contributed by atoms with van der Waals surface area (Å²) in [6, 6.07) is 17.0. The summed E-state index contributed by atoms with van der Waals surface area (Å²) in [5.41, 5.74) is 10.8. The van der Waals surface area contributed by atoms with Gasteiger partial charge in [0.1, 0.15) is 4.99 Å². The molecule has 0 atom stereocenters. The Morgan fingerprint density at radius 2 is 1.45 bits per heavy atom. The van der Waals surface area contributed by atoms with Gasteiger partial charge in [0, 0.05) is 24.3 Å². The van der Waals surface area contributed by atoms with E-state index in [1.54, 1.807) is 0 Å². The standard InChI is InChI=1S/C17H18N2S/c18-17(20)15-5-7-16(8-6-15)19-11-9-13-3-1-2-4-14(13)10-12-19/h1-8H,9-12H2,(H2,18,20). The molecule has 1 aliphatic heterocycles. The summed E-state index contributed by atoms with van der Waals surface area (Å²) >= 11 is 4.99. The summed E-state index contributed by atoms with van der Waals surface area (Å²) in [5, 5.41) is 0. The van der Waals surface area contributed by atoms with Gasteiger partial charge in [0.05, 0.1) is 0 Å². The molecular weight excluding hydrogens is 264 g/mol. The number of fused-ring (bicyclic) bond motifs is 1. The van der Waals surface area contributed by atoms with E-state index in [-0.39, 0.29) is 0 Å². The molecule has 1 aliphatic rings. The smallest absolute Gasteiger partial charge is 0.103 e. The van der Waals surface area contributed by atoms with Crippen LogP contribution in [-0.2, 0) is 12.8 Å². The minimum Gasteiger partial charge on any atom is -0.389 e. The monoisotopic (exact) mass is 282 g/mol. The molecule has 0 saturated heterocycles. The Morgan fingerprint density at radius 1 is 0.900 bits per heavy atom. The van der Waals surface area contributed by atoms with Crippen molar-refractivity contribution in [2.24, 2.45) is 5.73 Å². The van der Waals surface area contributed by atoms with E-state index in [1.807, 2.05) is 12.1 Å². The Hall–Kier alpha value is -1.87. The molecule has 0 fully saturated rings. The van der Waals surface area contributed by atoms with Gasteiger partial charge in [-0.25, -0.2) is 0 Å². The lowest BCUT2D eigenvalue weighted by Gasteiger charge is -2.22. The largest absolute Gasteiger partial charge is 0.389 e. The minimum atomic E-state index is 0.458. The van der Waals surface area contributed by atoms with E-state index in [1.165, 1.54) is 16.8 Å². The maximum atomic E-state index is 5.64. The number of anilines is 1. The van der Waals surface area contributed by atoms with Crippen LogP contribution in [0.5, 0.6) is 0 Å². The molecule has 0 amide bonds. The zero-order chi connectivity index (χ0) is 13.9. The van der Waals surface area contributed by atoms with E-state index in [0.29, 0.717) is 4.99 Å². The maximum absolute atomic E-state index is 5.64. The number of rotatable bonds is 2. The van der Waals surface area contributed by atoms with E-state index in [9.17, 15) is 0 Å². The zero-order valence-corrected chi connectivity index (χ0v) is 12.2. The van der Waals surface area contributed by atoms with Crippen molar-refractivity contribution in [2.45, 2.75) is 12.8 Å². The van der Waals surface area contributed by atoms with Crippen molar-refractivity contribution in [2.75, 3.05) is 18.0 Å². The number of nitrogens with two attached hydrogens (primary N) is 1. The molecule has 0 spiro atoms. The van der Waals surface area contributed by atoms with Crippen molar-refractivity contribution < 1.29 is 0 Å². The minimum absolute atomic E-state index is 0.458. The lowest BCUT2D eigenvalue weighted by Crippen LogP contribution is -2.26. The maximum Gasteiger partial charge on any atom is 0.103 e. The van der Waals surface area contributed by atoms with Crippen molar-refractivity contribution in [3.8, 4) is 0 Å². The molecule has 2 nitrogen and oxygen atoms in total. The van der Waals surface area contributed by atoms with Crippen molar-refractivity contribution >= 4 is 22.9 Å². The van der Waals surface area contributed by atoms with E-state index in [2.05, 4.69) is 41.3 Å². The third-order valence-electron chi connectivity index (χ3n) is 3.94. The van der Waals surface area contributed by atoms with E-state index in [4.69, 9.17) is 18.0 Å². The Balaban J connectivity index is 1.78. The number of hydrogen-bond donors (Lipinski definition) is 1.